The topological polar surface area (TPSA) is 181 Å². The average Bonchev–Trinajstić information content (AvgIpc) is 3.86. The summed E-state index contributed by atoms with van der Waals surface area (Å²) < 4.78 is 0. The van der Waals surface area contributed by atoms with Crippen molar-refractivity contribution in [3.05, 3.63) is 87.3 Å². The van der Waals surface area contributed by atoms with Crippen LogP contribution in [-0.2, 0) is 14.4 Å². The van der Waals surface area contributed by atoms with Crippen molar-refractivity contribution in [1.82, 2.24) is 29.7 Å². The number of rotatable bonds is 8. The number of hydrogen-bond acceptors (Lipinski definition) is 10. The second kappa shape index (κ2) is 20.6. The summed E-state index contributed by atoms with van der Waals surface area (Å²) >= 11 is 0. The fourth-order valence-electron chi connectivity index (χ4n) is 7.25. The smallest absolute Gasteiger partial charge is 0.336 e. The Labute approximate surface area is 326 Å². The van der Waals surface area contributed by atoms with Gasteiger partial charge in [0.15, 0.2) is 5.60 Å². The summed E-state index contributed by atoms with van der Waals surface area (Å²) in [5.41, 5.74) is 8.78. The van der Waals surface area contributed by atoms with Crippen molar-refractivity contribution in [3.63, 3.8) is 0 Å². The molecular weight excluding hydrogens is 700 g/mol. The lowest BCUT2D eigenvalue weighted by Gasteiger charge is -2.20. The van der Waals surface area contributed by atoms with E-state index in [9.17, 15) is 14.4 Å². The van der Waals surface area contributed by atoms with Gasteiger partial charge >= 0.3 is 17.9 Å². The highest BCUT2D eigenvalue weighted by atomic mass is 16.4. The van der Waals surface area contributed by atoms with Crippen LogP contribution >= 0.6 is 0 Å². The number of carbonyl (C=O) groups is 3. The van der Waals surface area contributed by atoms with Crippen molar-refractivity contribution in [1.29, 1.82) is 0 Å². The SMILES string of the molecule is Cc1cc([C@@H]2CCCN2C)cnc1C.Cc1cc([C@@H]2CCCN2C)cnc1C.Cc1cc([C@@H]2CCCN2C)cnc1C.O=C(O)CC(O)(CC(=O)O)C(=O)O. The molecule has 0 aliphatic carbocycles. The molecule has 0 aromatic carbocycles. The van der Waals surface area contributed by atoms with E-state index in [4.69, 9.17) is 20.4 Å². The van der Waals surface area contributed by atoms with Crippen molar-refractivity contribution in [2.75, 3.05) is 40.8 Å². The zero-order chi connectivity index (χ0) is 41.0. The third-order valence-electron chi connectivity index (χ3n) is 11.1. The van der Waals surface area contributed by atoms with Crippen LogP contribution in [0.25, 0.3) is 0 Å². The van der Waals surface area contributed by atoms with Gasteiger partial charge in [-0.05, 0) is 154 Å². The van der Waals surface area contributed by atoms with E-state index in [1.165, 1.54) is 91.5 Å². The summed E-state index contributed by atoms with van der Waals surface area (Å²) in [5, 5.41) is 33.8. The van der Waals surface area contributed by atoms with Crippen LogP contribution < -0.4 is 0 Å². The van der Waals surface area contributed by atoms with Crippen LogP contribution in [-0.4, -0.2) is 114 Å². The number of aryl methyl sites for hydroxylation is 6. The Balaban J connectivity index is 0.000000197. The lowest BCUT2D eigenvalue weighted by Crippen LogP contribution is -2.42. The molecule has 13 nitrogen and oxygen atoms in total. The molecule has 3 fully saturated rings. The zero-order valence-electron chi connectivity index (χ0n) is 34.2. The van der Waals surface area contributed by atoms with Crippen LogP contribution in [0.5, 0.6) is 0 Å². The van der Waals surface area contributed by atoms with Crippen molar-refractivity contribution < 1.29 is 34.8 Å². The van der Waals surface area contributed by atoms with E-state index in [1.54, 1.807) is 0 Å². The minimum atomic E-state index is -2.74. The first-order chi connectivity index (χ1) is 25.8. The minimum Gasteiger partial charge on any atom is -0.481 e. The molecule has 0 unspecified atom stereocenters. The molecule has 6 heterocycles. The normalized spacial score (nSPS) is 20.1. The van der Waals surface area contributed by atoms with Gasteiger partial charge in [0.2, 0.25) is 0 Å². The Morgan fingerprint density at radius 2 is 0.855 bits per heavy atom. The van der Waals surface area contributed by atoms with Crippen LogP contribution in [0.3, 0.4) is 0 Å². The van der Waals surface area contributed by atoms with E-state index >= 15 is 0 Å². The Kier molecular flexibility index (Phi) is 16.9. The van der Waals surface area contributed by atoms with E-state index in [-0.39, 0.29) is 0 Å². The second-order valence-corrected chi connectivity index (χ2v) is 15.4. The van der Waals surface area contributed by atoms with Crippen LogP contribution in [0.4, 0.5) is 0 Å². The Hall–Kier alpha value is -4.30. The molecular formula is C42H62N6O7. The number of aliphatic carboxylic acids is 3. The quantitative estimate of drug-likeness (QED) is 0.206. The summed E-state index contributed by atoms with van der Waals surface area (Å²) in [7, 11) is 6.60. The molecule has 0 bridgehead atoms. The Morgan fingerprint density at radius 3 is 1.04 bits per heavy atom. The second-order valence-electron chi connectivity index (χ2n) is 15.4. The maximum absolute atomic E-state index is 10.3. The number of carboxylic acids is 3. The van der Waals surface area contributed by atoms with Crippen molar-refractivity contribution in [3.8, 4) is 0 Å². The molecule has 13 heteroatoms. The number of carboxylic acid groups (broad SMARTS) is 3. The molecule has 4 N–H and O–H groups in total. The molecule has 3 saturated heterocycles. The van der Waals surface area contributed by atoms with Crippen LogP contribution in [0.2, 0.25) is 0 Å². The summed E-state index contributed by atoms with van der Waals surface area (Å²) in [5.74, 6) is -5.02. The van der Waals surface area contributed by atoms with E-state index < -0.39 is 36.4 Å². The largest absolute Gasteiger partial charge is 0.481 e. The molecule has 3 aliphatic rings. The van der Waals surface area contributed by atoms with Crippen LogP contribution in [0, 0.1) is 41.5 Å². The highest BCUT2D eigenvalue weighted by Gasteiger charge is 2.40. The van der Waals surface area contributed by atoms with E-state index in [2.05, 4.69) is 111 Å². The molecule has 3 aliphatic heterocycles. The van der Waals surface area contributed by atoms with E-state index in [0.717, 1.165) is 17.1 Å². The van der Waals surface area contributed by atoms with E-state index in [1.807, 2.05) is 18.6 Å². The molecule has 3 atom stereocenters. The number of nitrogens with zero attached hydrogens (tertiary/aromatic N) is 6. The number of aromatic nitrogens is 3. The first kappa shape index (κ1) is 45.1. The molecule has 0 saturated carbocycles. The minimum absolute atomic E-state index is 0.599. The van der Waals surface area contributed by atoms with Crippen molar-refractivity contribution in [2.24, 2.45) is 0 Å². The van der Waals surface area contributed by atoms with Gasteiger partial charge in [0.25, 0.3) is 0 Å². The fourth-order valence-corrected chi connectivity index (χ4v) is 7.25. The summed E-state index contributed by atoms with van der Waals surface area (Å²) in [6.45, 7) is 16.3. The van der Waals surface area contributed by atoms with Crippen molar-refractivity contribution in [2.45, 2.75) is 117 Å². The van der Waals surface area contributed by atoms with Gasteiger partial charge in [0.1, 0.15) is 0 Å². The van der Waals surface area contributed by atoms with Gasteiger partial charge in [0, 0.05) is 53.8 Å². The van der Waals surface area contributed by atoms with Gasteiger partial charge < -0.3 is 20.4 Å². The third-order valence-corrected chi connectivity index (χ3v) is 11.1. The summed E-state index contributed by atoms with van der Waals surface area (Å²) in [6, 6.07) is 8.66. The molecule has 302 valence electrons. The fraction of sp³-hybridized carbons (Fsp3) is 0.571. The Bertz CT molecular complexity index is 1590. The van der Waals surface area contributed by atoms with E-state index in [0.29, 0.717) is 18.1 Å². The molecule has 3 aromatic heterocycles. The van der Waals surface area contributed by atoms with Crippen LogP contribution in [0.1, 0.15) is 120 Å². The maximum Gasteiger partial charge on any atom is 0.336 e. The molecule has 3 aromatic rings. The van der Waals surface area contributed by atoms with Gasteiger partial charge in [-0.2, -0.15) is 0 Å². The Morgan fingerprint density at radius 1 is 0.582 bits per heavy atom. The average molecular weight is 763 g/mol. The lowest BCUT2D eigenvalue weighted by molar-refractivity contribution is -0.170. The van der Waals surface area contributed by atoms with Gasteiger partial charge in [-0.25, -0.2) is 4.79 Å². The molecule has 0 spiro atoms. The summed E-state index contributed by atoms with van der Waals surface area (Å²) in [6.07, 6.45) is 11.6. The maximum atomic E-state index is 10.3. The van der Waals surface area contributed by atoms with Gasteiger partial charge in [-0.1, -0.05) is 18.2 Å². The van der Waals surface area contributed by atoms with Gasteiger partial charge in [-0.15, -0.1) is 0 Å². The number of likely N-dealkylation sites (tertiary alicyclic amines) is 3. The molecule has 6 rings (SSSR count). The lowest BCUT2D eigenvalue weighted by atomic mass is 9.96. The monoisotopic (exact) mass is 762 g/mol. The highest BCUT2D eigenvalue weighted by Crippen LogP contribution is 2.32. The molecule has 55 heavy (non-hydrogen) atoms. The first-order valence-electron chi connectivity index (χ1n) is 19.1. The number of hydrogen-bond donors (Lipinski definition) is 4. The standard InChI is InChI=1S/3C12H18N2.C6H8O7/c3*1-9-7-11(8-13-10(9)2)12-5-4-6-14(12)3;7-3(8)1-6(13,5(11)12)2-4(9)10/h3*7-8,12H,4-6H2,1-3H3;13H,1-2H2,(H,7,8)(H,9,10)(H,11,12)/t3*12-;/m000./s1. The van der Waals surface area contributed by atoms with Crippen molar-refractivity contribution >= 4 is 17.9 Å². The highest BCUT2D eigenvalue weighted by molar-refractivity contribution is 5.88. The zero-order valence-corrected chi connectivity index (χ0v) is 34.2. The predicted octanol–water partition coefficient (Wildman–Crippen LogP) is 6.15. The third kappa shape index (κ3) is 13.2. The summed E-state index contributed by atoms with van der Waals surface area (Å²) in [4.78, 5) is 51.0. The molecule has 0 radical (unpaired) electrons. The van der Waals surface area contributed by atoms with Crippen LogP contribution in [0.15, 0.2) is 36.8 Å². The van der Waals surface area contributed by atoms with Gasteiger partial charge in [0.05, 0.1) is 12.8 Å². The number of pyridine rings is 3. The predicted molar refractivity (Wildman–Crippen MR) is 212 cm³/mol. The number of aliphatic hydroxyl groups is 1. The van der Waals surface area contributed by atoms with Gasteiger partial charge in [-0.3, -0.25) is 39.2 Å². The molecule has 0 amide bonds. The first-order valence-corrected chi connectivity index (χ1v) is 19.1.